The lowest BCUT2D eigenvalue weighted by molar-refractivity contribution is 0.0709. The molecule has 442 valence electrons. The van der Waals surface area contributed by atoms with Gasteiger partial charge in [-0.3, -0.25) is 4.79 Å². The van der Waals surface area contributed by atoms with Crippen LogP contribution in [-0.2, 0) is 26.4 Å². The van der Waals surface area contributed by atoms with Crippen LogP contribution in [0.4, 0.5) is 0 Å². The highest BCUT2D eigenvalue weighted by atomic mass is 35.5. The van der Waals surface area contributed by atoms with Gasteiger partial charge in [0.25, 0.3) is 5.91 Å². The van der Waals surface area contributed by atoms with E-state index in [1.165, 1.54) is 29.8 Å². The zero-order chi connectivity index (χ0) is 24.6. The van der Waals surface area contributed by atoms with Gasteiger partial charge in [-0.05, 0) is 80.3 Å². The van der Waals surface area contributed by atoms with Gasteiger partial charge in [-0.2, -0.15) is 0 Å². The number of imidazole rings is 1. The fourth-order valence-corrected chi connectivity index (χ4v) is 5.55. The van der Waals surface area contributed by atoms with Gasteiger partial charge in [-0.25, -0.2) is 4.98 Å². The van der Waals surface area contributed by atoms with Gasteiger partial charge in [0.05, 0.1) is 16.7 Å². The third-order valence-corrected chi connectivity index (χ3v) is 7.82. The molecule has 1 amide bonds. The average Bonchev–Trinajstić information content (AvgIpc) is 3.55. The summed E-state index contributed by atoms with van der Waals surface area (Å²) in [5.74, 6) is 1.78. The van der Waals surface area contributed by atoms with Crippen LogP contribution in [0, 0.1) is 5.92 Å². The van der Waals surface area contributed by atoms with Crippen LogP contribution in [-0.4, -0.2) is 44.1 Å². The molecule has 1 aliphatic carbocycles. The normalized spacial score (nSPS) is 9.62. The third-order valence-electron chi connectivity index (χ3n) is 7.82. The number of fused-ring (bicyclic) bond motifs is 1. The number of amides is 1. The number of piperidine rings is 1. The van der Waals surface area contributed by atoms with Crippen molar-refractivity contribution in [3.05, 3.63) is 77.5 Å². The lowest BCUT2D eigenvalue weighted by atomic mass is 10.1. The fourth-order valence-electron chi connectivity index (χ4n) is 5.55. The summed E-state index contributed by atoms with van der Waals surface area (Å²) >= 11 is 0. The minimum atomic E-state index is 0. The molecular weight excluding hydrogens is 1580 g/mol. The van der Waals surface area contributed by atoms with Crippen LogP contribution in [0.3, 0.4) is 0 Å². The van der Waals surface area contributed by atoms with Gasteiger partial charge in [0.2, 0.25) is 0 Å². The van der Waals surface area contributed by atoms with Gasteiger partial charge < -0.3 is 19.8 Å². The molecule has 2 N–H and O–H groups in total. The molecule has 2 aromatic heterocycles. The number of aromatic nitrogens is 3. The number of carbonyl (C=O) groups excluding carboxylic acids is 1. The first-order valence-electron chi connectivity index (χ1n) is 13.3. The fraction of sp³-hybridized carbons (Fsp3) is 0.400. The van der Waals surface area contributed by atoms with Gasteiger partial charge in [0, 0.05) is 44.0 Å². The summed E-state index contributed by atoms with van der Waals surface area (Å²) in [5.41, 5.74) is 12.6. The van der Waals surface area contributed by atoms with Crippen LogP contribution in [0.2, 0.25) is 0 Å². The van der Waals surface area contributed by atoms with E-state index in [1.807, 2.05) is 23.1 Å². The Morgan fingerprint density at radius 2 is 1.00 bits per heavy atom. The van der Waals surface area contributed by atoms with Crippen molar-refractivity contribution < 1.29 is 4.79 Å². The molecule has 3 heterocycles. The smallest absolute Gasteiger partial charge is 0.253 e. The van der Waals surface area contributed by atoms with Crippen LogP contribution >= 0.6 is 397 Å². The predicted molar refractivity (Wildman–Crippen MR) is 376 cm³/mol. The molecule has 2 aliphatic rings. The van der Waals surface area contributed by atoms with E-state index in [-0.39, 0.29) is 409 Å². The molecule has 6 nitrogen and oxygen atoms in total. The molecule has 1 aliphatic heterocycles. The molecule has 1 atom stereocenters. The molecule has 2 aromatic carbocycles. The van der Waals surface area contributed by atoms with E-state index in [0.717, 1.165) is 61.5 Å². The molecule has 0 radical (unpaired) electrons. The molecule has 2 fully saturated rings. The van der Waals surface area contributed by atoms with E-state index in [2.05, 4.69) is 58.6 Å². The summed E-state index contributed by atoms with van der Waals surface area (Å²) in [5, 5.41) is 0. The molecule has 0 unspecified atom stereocenters. The SMILES string of the molecule is Cl.Cl.Cl.Cl.Cl.Cl.Cl.Cl.Cl.Cl.Cl.Cl.Cl.Cl.Cl.Cl.Cl.Cl.Cl.Cl.Cl.Cl.Cl.Cl.Cl.Cl.Cl.Cl.Cl.Cl.Cl.Cl.Cn1c(-c2ccc(CCc3ccccc3)n2CC2CC2)nc2cc(C(=O)N3CCC[C@@H](N)C3)ccc21. The second kappa shape index (κ2) is 89.5. The second-order valence-corrected chi connectivity index (χ2v) is 10.6. The van der Waals surface area contributed by atoms with Crippen molar-refractivity contribution >= 4 is 414 Å². The number of nitrogens with zero attached hydrogens (tertiary/aromatic N) is 4. The molecule has 68 heavy (non-hydrogen) atoms. The van der Waals surface area contributed by atoms with Crippen molar-refractivity contribution in [2.75, 3.05) is 13.1 Å². The Kier molecular flexibility index (Phi) is 235. The number of aryl methyl sites for hydroxylation is 3. The maximum Gasteiger partial charge on any atom is 0.253 e. The summed E-state index contributed by atoms with van der Waals surface area (Å²) in [6.45, 7) is 2.46. The van der Waals surface area contributed by atoms with Crippen molar-refractivity contribution in [1.29, 1.82) is 0 Å². The first-order chi connectivity index (χ1) is 17.6. The summed E-state index contributed by atoms with van der Waals surface area (Å²) in [4.78, 5) is 20.1. The van der Waals surface area contributed by atoms with Crippen LogP contribution in [0.15, 0.2) is 60.7 Å². The summed E-state index contributed by atoms with van der Waals surface area (Å²) in [6.07, 6.45) is 6.61. The van der Waals surface area contributed by atoms with Gasteiger partial charge in [-0.1, -0.05) is 30.3 Å². The highest BCUT2D eigenvalue weighted by Gasteiger charge is 2.26. The van der Waals surface area contributed by atoms with Crippen LogP contribution in [0.25, 0.3) is 22.6 Å². The van der Waals surface area contributed by atoms with Gasteiger partial charge in [0.1, 0.15) is 0 Å². The van der Waals surface area contributed by atoms with Gasteiger partial charge in [-0.15, -0.1) is 397 Å². The number of nitrogens with two attached hydrogens (primary N) is 1. The van der Waals surface area contributed by atoms with Crippen molar-refractivity contribution in [2.24, 2.45) is 18.7 Å². The summed E-state index contributed by atoms with van der Waals surface area (Å²) in [6, 6.07) is 21.2. The number of benzene rings is 2. The van der Waals surface area contributed by atoms with E-state index < -0.39 is 0 Å². The quantitative estimate of drug-likeness (QED) is 0.200. The number of likely N-dealkylation sites (tertiary alicyclic amines) is 1. The number of halogens is 32. The topological polar surface area (TPSA) is 69.1 Å². The van der Waals surface area contributed by atoms with E-state index in [1.54, 1.807) is 0 Å². The summed E-state index contributed by atoms with van der Waals surface area (Å²) < 4.78 is 4.66. The van der Waals surface area contributed by atoms with Gasteiger partial charge in [0.15, 0.2) is 5.82 Å². The second-order valence-electron chi connectivity index (χ2n) is 10.6. The molecule has 0 spiro atoms. The zero-order valence-electron chi connectivity index (χ0n) is 34.1. The van der Waals surface area contributed by atoms with Crippen LogP contribution < -0.4 is 5.73 Å². The molecular formula is C30H67Cl32N5O. The number of rotatable bonds is 7. The molecule has 0 bridgehead atoms. The maximum absolute atomic E-state index is 13.2. The number of carbonyl (C=O) groups is 1. The minimum Gasteiger partial charge on any atom is -0.342 e. The highest BCUT2D eigenvalue weighted by Crippen LogP contribution is 2.35. The number of hydrogen-bond acceptors (Lipinski definition) is 3. The first kappa shape index (κ1) is 179. The Balaban J connectivity index is -0.0000000210. The zero-order valence-corrected chi connectivity index (χ0v) is 60.3. The lowest BCUT2D eigenvalue weighted by Gasteiger charge is -2.30. The Bertz CT molecular complexity index is 1450. The predicted octanol–water partition coefficient (Wildman–Crippen LogP) is 18.3. The molecule has 1 saturated heterocycles. The van der Waals surface area contributed by atoms with E-state index >= 15 is 0 Å². The third kappa shape index (κ3) is 49.0. The van der Waals surface area contributed by atoms with E-state index in [9.17, 15) is 4.79 Å². The first-order valence-corrected chi connectivity index (χ1v) is 13.3. The Morgan fingerprint density at radius 1 is 0.559 bits per heavy atom. The Labute approximate surface area is 601 Å². The molecule has 1 saturated carbocycles. The van der Waals surface area contributed by atoms with Crippen molar-refractivity contribution in [1.82, 2.24) is 19.0 Å². The van der Waals surface area contributed by atoms with Crippen molar-refractivity contribution in [3.8, 4) is 11.5 Å². The Morgan fingerprint density at radius 3 is 1.41 bits per heavy atom. The molecule has 6 rings (SSSR count). The number of hydrogen-bond donors (Lipinski definition) is 1. The van der Waals surface area contributed by atoms with E-state index in [0.29, 0.717) is 12.1 Å². The molecule has 4 aromatic rings. The highest BCUT2D eigenvalue weighted by molar-refractivity contribution is 5.98. The average molecular weight is 1650 g/mol. The van der Waals surface area contributed by atoms with Crippen LogP contribution in [0.5, 0.6) is 0 Å². The summed E-state index contributed by atoms with van der Waals surface area (Å²) in [7, 11) is 2.08. The largest absolute Gasteiger partial charge is 0.342 e. The monoisotopic (exact) mass is 1630 g/mol. The maximum atomic E-state index is 13.2. The Hall–Kier alpha value is 5.90. The molecule has 38 heteroatoms. The van der Waals surface area contributed by atoms with Crippen LogP contribution in [0.1, 0.15) is 47.3 Å². The lowest BCUT2D eigenvalue weighted by Crippen LogP contribution is -2.45. The van der Waals surface area contributed by atoms with Gasteiger partial charge >= 0.3 is 0 Å². The standard InChI is InChI=1S/C30H35N5O.32ClH/c1-33-27-15-12-23(30(36)34-17-5-8-24(31)20-34)18-26(27)32-29(33)28-16-14-25(35(28)19-22-9-10-22)13-11-21-6-3-2-4-7-21;;;;;;;;;;;;;;;;;;;;;;;;;;;;;;;;/h2-4,6-7,12,14-16,18,22,24H,5,8-11,13,17,19-20,31H2,1H3;32*1H/t24-;;;;;;;;;;;;;;;;;;;;;;;;;;;;;;;;/m1................................/s1. The minimum absolute atomic E-state index is 0. The van der Waals surface area contributed by atoms with Crippen molar-refractivity contribution in [3.63, 3.8) is 0 Å². The van der Waals surface area contributed by atoms with E-state index in [4.69, 9.17) is 10.7 Å². The van der Waals surface area contributed by atoms with Crippen molar-refractivity contribution in [2.45, 2.75) is 51.1 Å².